The third-order valence-corrected chi connectivity index (χ3v) is 3.83. The normalized spacial score (nSPS) is 16.7. The van der Waals surface area contributed by atoms with Crippen LogP contribution in [0, 0.1) is 12.8 Å². The average molecular weight is 276 g/mol. The number of rotatable bonds is 3. The van der Waals surface area contributed by atoms with Crippen LogP contribution in [0.3, 0.4) is 0 Å². The number of nitrogens with zero attached hydrogens (tertiary/aromatic N) is 3. The maximum Gasteiger partial charge on any atom is 0.257 e. The van der Waals surface area contributed by atoms with Gasteiger partial charge < -0.3 is 15.5 Å². The van der Waals surface area contributed by atoms with Crippen molar-refractivity contribution in [2.75, 3.05) is 39.5 Å². The summed E-state index contributed by atoms with van der Waals surface area (Å²) in [7, 11) is 4.19. The summed E-state index contributed by atoms with van der Waals surface area (Å²) in [5.41, 5.74) is 7.82. The largest absolute Gasteiger partial charge is 0.398 e. The summed E-state index contributed by atoms with van der Waals surface area (Å²) in [6, 6.07) is 1.76. The molecule has 1 aliphatic rings. The quantitative estimate of drug-likeness (QED) is 0.906. The molecule has 0 aromatic carbocycles. The number of nitrogen functional groups attached to an aromatic ring is 1. The second kappa shape index (κ2) is 6.22. The number of likely N-dealkylation sites (tertiary alicyclic amines) is 1. The number of aromatic nitrogens is 1. The maximum atomic E-state index is 12.5. The minimum Gasteiger partial charge on any atom is -0.398 e. The van der Waals surface area contributed by atoms with Gasteiger partial charge in [-0.2, -0.15) is 0 Å². The van der Waals surface area contributed by atoms with Gasteiger partial charge in [0.2, 0.25) is 0 Å². The monoisotopic (exact) mass is 276 g/mol. The fourth-order valence-corrected chi connectivity index (χ4v) is 2.77. The molecule has 1 aromatic heterocycles. The van der Waals surface area contributed by atoms with Gasteiger partial charge in [-0.05, 0) is 45.8 Å². The fourth-order valence-electron chi connectivity index (χ4n) is 2.77. The molecule has 1 saturated heterocycles. The number of hydrogen-bond donors (Lipinski definition) is 1. The van der Waals surface area contributed by atoms with E-state index in [0.717, 1.165) is 38.2 Å². The van der Waals surface area contributed by atoms with E-state index in [0.29, 0.717) is 17.2 Å². The highest BCUT2D eigenvalue weighted by Gasteiger charge is 2.25. The zero-order valence-electron chi connectivity index (χ0n) is 12.6. The third kappa shape index (κ3) is 3.48. The van der Waals surface area contributed by atoms with Crippen molar-refractivity contribution in [2.45, 2.75) is 19.8 Å². The van der Waals surface area contributed by atoms with E-state index < -0.39 is 0 Å². The molecule has 1 aromatic rings. The van der Waals surface area contributed by atoms with Crippen LogP contribution in [0.2, 0.25) is 0 Å². The summed E-state index contributed by atoms with van der Waals surface area (Å²) in [4.78, 5) is 20.7. The van der Waals surface area contributed by atoms with E-state index in [1.54, 1.807) is 12.3 Å². The predicted octanol–water partition coefficient (Wildman–Crippen LogP) is 1.39. The Morgan fingerprint density at radius 1 is 1.45 bits per heavy atom. The zero-order valence-corrected chi connectivity index (χ0v) is 12.6. The molecule has 20 heavy (non-hydrogen) atoms. The maximum absolute atomic E-state index is 12.5. The number of nitrogens with two attached hydrogens (primary N) is 1. The SMILES string of the molecule is Cc1cc(N)c(C(=O)N2CCC(CN(C)C)CC2)cn1. The topological polar surface area (TPSA) is 62.5 Å². The highest BCUT2D eigenvalue weighted by atomic mass is 16.2. The van der Waals surface area contributed by atoms with E-state index in [4.69, 9.17) is 5.73 Å². The smallest absolute Gasteiger partial charge is 0.257 e. The van der Waals surface area contributed by atoms with Crippen LogP contribution < -0.4 is 5.73 Å². The van der Waals surface area contributed by atoms with Crippen molar-refractivity contribution in [1.82, 2.24) is 14.8 Å². The Bertz CT molecular complexity index is 479. The Balaban J connectivity index is 1.98. The van der Waals surface area contributed by atoms with E-state index in [9.17, 15) is 4.79 Å². The van der Waals surface area contributed by atoms with Crippen molar-refractivity contribution in [3.8, 4) is 0 Å². The van der Waals surface area contributed by atoms with Gasteiger partial charge in [-0.25, -0.2) is 0 Å². The lowest BCUT2D eigenvalue weighted by Gasteiger charge is -2.33. The molecule has 1 aliphatic heterocycles. The first kappa shape index (κ1) is 14.8. The molecule has 0 bridgehead atoms. The second-order valence-electron chi connectivity index (χ2n) is 5.91. The van der Waals surface area contributed by atoms with E-state index in [1.165, 1.54) is 0 Å². The van der Waals surface area contributed by atoms with Gasteiger partial charge in [0.25, 0.3) is 5.91 Å². The Morgan fingerprint density at radius 3 is 2.65 bits per heavy atom. The molecular weight excluding hydrogens is 252 g/mol. The Hall–Kier alpha value is -1.62. The fraction of sp³-hybridized carbons (Fsp3) is 0.600. The molecule has 1 amide bonds. The highest BCUT2D eigenvalue weighted by molar-refractivity contribution is 5.98. The number of piperidine rings is 1. The summed E-state index contributed by atoms with van der Waals surface area (Å²) in [5.74, 6) is 0.695. The number of aryl methyl sites for hydroxylation is 1. The molecule has 0 spiro atoms. The predicted molar refractivity (Wildman–Crippen MR) is 80.6 cm³/mol. The van der Waals surface area contributed by atoms with E-state index in [-0.39, 0.29) is 5.91 Å². The van der Waals surface area contributed by atoms with E-state index in [2.05, 4.69) is 24.0 Å². The van der Waals surface area contributed by atoms with Gasteiger partial charge in [0.1, 0.15) is 0 Å². The lowest BCUT2D eigenvalue weighted by Crippen LogP contribution is -2.40. The molecule has 1 fully saturated rings. The van der Waals surface area contributed by atoms with Gasteiger partial charge in [0, 0.05) is 37.2 Å². The molecule has 0 radical (unpaired) electrons. The van der Waals surface area contributed by atoms with Gasteiger partial charge in [-0.15, -0.1) is 0 Å². The van der Waals surface area contributed by atoms with Crippen LogP contribution >= 0.6 is 0 Å². The van der Waals surface area contributed by atoms with Crippen molar-refractivity contribution in [1.29, 1.82) is 0 Å². The van der Waals surface area contributed by atoms with Gasteiger partial charge in [-0.1, -0.05) is 0 Å². The standard InChI is InChI=1S/C15H24N4O/c1-11-8-14(16)13(9-17-11)15(20)19-6-4-12(5-7-19)10-18(2)3/h8-9,12H,4-7,10H2,1-3H3,(H2,16,17). The number of hydrogen-bond acceptors (Lipinski definition) is 4. The van der Waals surface area contributed by atoms with Crippen LogP contribution in [-0.2, 0) is 0 Å². The average Bonchev–Trinajstić information content (AvgIpc) is 2.38. The summed E-state index contributed by atoms with van der Waals surface area (Å²) in [6.07, 6.45) is 3.71. The Morgan fingerprint density at radius 2 is 2.10 bits per heavy atom. The van der Waals surface area contributed by atoms with E-state index in [1.807, 2.05) is 11.8 Å². The molecule has 5 nitrogen and oxygen atoms in total. The first-order valence-corrected chi connectivity index (χ1v) is 7.13. The minimum absolute atomic E-state index is 0.0123. The molecule has 0 saturated carbocycles. The van der Waals surface area contributed by atoms with Crippen molar-refractivity contribution in [3.05, 3.63) is 23.5 Å². The first-order chi connectivity index (χ1) is 9.47. The van der Waals surface area contributed by atoms with Crippen molar-refractivity contribution in [2.24, 2.45) is 5.92 Å². The molecule has 2 heterocycles. The van der Waals surface area contributed by atoms with Crippen LogP contribution in [0.1, 0.15) is 28.9 Å². The summed E-state index contributed by atoms with van der Waals surface area (Å²) in [5, 5.41) is 0. The van der Waals surface area contributed by atoms with Crippen molar-refractivity contribution < 1.29 is 4.79 Å². The number of amides is 1. The van der Waals surface area contributed by atoms with Gasteiger partial charge in [0.05, 0.1) is 5.56 Å². The van der Waals surface area contributed by atoms with Crippen LogP contribution in [0.5, 0.6) is 0 Å². The van der Waals surface area contributed by atoms with Crippen LogP contribution in [-0.4, -0.2) is 54.4 Å². The molecule has 0 atom stereocenters. The molecule has 0 unspecified atom stereocenters. The van der Waals surface area contributed by atoms with Crippen molar-refractivity contribution >= 4 is 11.6 Å². The molecule has 110 valence electrons. The second-order valence-corrected chi connectivity index (χ2v) is 5.91. The number of pyridine rings is 1. The number of carbonyl (C=O) groups is 1. The number of anilines is 1. The molecule has 2 rings (SSSR count). The molecule has 5 heteroatoms. The van der Waals surface area contributed by atoms with Gasteiger partial charge in [-0.3, -0.25) is 9.78 Å². The summed E-state index contributed by atoms with van der Waals surface area (Å²) < 4.78 is 0. The first-order valence-electron chi connectivity index (χ1n) is 7.13. The van der Waals surface area contributed by atoms with Gasteiger partial charge >= 0.3 is 0 Å². The lowest BCUT2D eigenvalue weighted by atomic mass is 9.96. The number of carbonyl (C=O) groups excluding carboxylic acids is 1. The minimum atomic E-state index is 0.0123. The molecular formula is C15H24N4O. The third-order valence-electron chi connectivity index (χ3n) is 3.83. The summed E-state index contributed by atoms with van der Waals surface area (Å²) >= 11 is 0. The van der Waals surface area contributed by atoms with Crippen molar-refractivity contribution in [3.63, 3.8) is 0 Å². The van der Waals surface area contributed by atoms with Crippen LogP contribution in [0.4, 0.5) is 5.69 Å². The van der Waals surface area contributed by atoms with Crippen LogP contribution in [0.15, 0.2) is 12.3 Å². The van der Waals surface area contributed by atoms with Gasteiger partial charge in [0.15, 0.2) is 0 Å². The molecule has 2 N–H and O–H groups in total. The lowest BCUT2D eigenvalue weighted by molar-refractivity contribution is 0.0678. The highest BCUT2D eigenvalue weighted by Crippen LogP contribution is 2.21. The summed E-state index contributed by atoms with van der Waals surface area (Å²) in [6.45, 7) is 4.59. The Labute approximate surface area is 120 Å². The van der Waals surface area contributed by atoms with Crippen LogP contribution in [0.25, 0.3) is 0 Å². The van der Waals surface area contributed by atoms with E-state index >= 15 is 0 Å². The Kier molecular flexibility index (Phi) is 4.60. The molecule has 0 aliphatic carbocycles. The zero-order chi connectivity index (χ0) is 14.7.